The van der Waals surface area contributed by atoms with Gasteiger partial charge in [0, 0.05) is 11.8 Å². The first kappa shape index (κ1) is 17.9. The lowest BCUT2D eigenvalue weighted by molar-refractivity contribution is 0.0691. The molecular weight excluding hydrogens is 317 g/mol. The molecule has 0 aliphatic rings. The zero-order chi connectivity index (χ0) is 16.2. The van der Waals surface area contributed by atoms with Gasteiger partial charge in [0.05, 0.1) is 10.5 Å². The van der Waals surface area contributed by atoms with Crippen molar-refractivity contribution in [2.45, 2.75) is 31.2 Å². The third kappa shape index (κ3) is 4.42. The van der Waals surface area contributed by atoms with Gasteiger partial charge in [-0.3, -0.25) is 0 Å². The standard InChI is InChI=1S/C13H18FNO4S2/c1-4-9(7-20-3)15-21(18,19)10-5-8(2)12(14)11(6-10)13(16)17/h5-6,9,15H,4,7H2,1-3H3,(H,16,17). The predicted octanol–water partition coefficient (Wildman–Crippen LogP) is 2.25. The Hall–Kier alpha value is -1.12. The second kappa shape index (κ2) is 7.24. The lowest BCUT2D eigenvalue weighted by Gasteiger charge is -2.16. The molecule has 5 nitrogen and oxygen atoms in total. The average Bonchev–Trinajstić information content (AvgIpc) is 2.40. The van der Waals surface area contributed by atoms with Gasteiger partial charge in [0.1, 0.15) is 5.82 Å². The first-order chi connectivity index (χ1) is 9.72. The maximum absolute atomic E-state index is 13.7. The van der Waals surface area contributed by atoms with Crippen molar-refractivity contribution in [2.24, 2.45) is 0 Å². The monoisotopic (exact) mass is 335 g/mol. The molecule has 0 spiro atoms. The highest BCUT2D eigenvalue weighted by molar-refractivity contribution is 7.98. The largest absolute Gasteiger partial charge is 0.478 e. The molecule has 21 heavy (non-hydrogen) atoms. The minimum Gasteiger partial charge on any atom is -0.478 e. The van der Waals surface area contributed by atoms with Crippen LogP contribution in [0.2, 0.25) is 0 Å². The van der Waals surface area contributed by atoms with Gasteiger partial charge in [0.25, 0.3) is 0 Å². The van der Waals surface area contributed by atoms with Crippen molar-refractivity contribution in [1.82, 2.24) is 4.72 Å². The van der Waals surface area contributed by atoms with Crippen LogP contribution in [0.3, 0.4) is 0 Å². The van der Waals surface area contributed by atoms with Gasteiger partial charge in [-0.1, -0.05) is 6.92 Å². The molecule has 0 aromatic heterocycles. The highest BCUT2D eigenvalue weighted by Crippen LogP contribution is 2.20. The lowest BCUT2D eigenvalue weighted by atomic mass is 10.1. The highest BCUT2D eigenvalue weighted by atomic mass is 32.2. The SMILES string of the molecule is CCC(CSC)NS(=O)(=O)c1cc(C)c(F)c(C(=O)O)c1. The fourth-order valence-electron chi connectivity index (χ4n) is 1.77. The van der Waals surface area contributed by atoms with Gasteiger partial charge in [0.2, 0.25) is 10.0 Å². The summed E-state index contributed by atoms with van der Waals surface area (Å²) < 4.78 is 40.7. The van der Waals surface area contributed by atoms with Crippen LogP contribution in [0, 0.1) is 12.7 Å². The maximum atomic E-state index is 13.7. The summed E-state index contributed by atoms with van der Waals surface area (Å²) in [6.45, 7) is 3.18. The van der Waals surface area contributed by atoms with Crippen LogP contribution in [0.15, 0.2) is 17.0 Å². The van der Waals surface area contributed by atoms with E-state index in [4.69, 9.17) is 5.11 Å². The molecular formula is C13H18FNO4S2. The molecule has 1 aromatic rings. The van der Waals surface area contributed by atoms with E-state index in [2.05, 4.69) is 4.72 Å². The number of thioether (sulfide) groups is 1. The van der Waals surface area contributed by atoms with E-state index < -0.39 is 27.4 Å². The van der Waals surface area contributed by atoms with Gasteiger partial charge < -0.3 is 5.11 Å². The van der Waals surface area contributed by atoms with Crippen LogP contribution >= 0.6 is 11.8 Å². The third-order valence-corrected chi connectivity index (χ3v) is 5.19. The molecule has 0 aliphatic carbocycles. The van der Waals surface area contributed by atoms with Gasteiger partial charge in [-0.2, -0.15) is 11.8 Å². The minimum atomic E-state index is -3.88. The number of rotatable bonds is 7. The highest BCUT2D eigenvalue weighted by Gasteiger charge is 2.23. The summed E-state index contributed by atoms with van der Waals surface area (Å²) >= 11 is 1.50. The second-order valence-corrected chi connectivity index (χ2v) is 7.21. The minimum absolute atomic E-state index is 0.0202. The summed E-state index contributed by atoms with van der Waals surface area (Å²) in [6.07, 6.45) is 2.47. The van der Waals surface area contributed by atoms with E-state index in [1.165, 1.54) is 18.7 Å². The Bertz CT molecular complexity index is 631. The summed E-state index contributed by atoms with van der Waals surface area (Å²) in [5.41, 5.74) is -0.665. The Morgan fingerprint density at radius 2 is 2.10 bits per heavy atom. The third-order valence-electron chi connectivity index (χ3n) is 2.95. The van der Waals surface area contributed by atoms with Crippen molar-refractivity contribution >= 4 is 27.8 Å². The molecule has 1 unspecified atom stereocenters. The number of carboxylic acids is 1. The summed E-state index contributed by atoms with van der Waals surface area (Å²) in [7, 11) is -3.88. The van der Waals surface area contributed by atoms with Gasteiger partial charge in [-0.15, -0.1) is 0 Å². The van der Waals surface area contributed by atoms with E-state index in [1.807, 2.05) is 13.2 Å². The predicted molar refractivity (Wildman–Crippen MR) is 80.9 cm³/mol. The van der Waals surface area contributed by atoms with Crippen molar-refractivity contribution in [1.29, 1.82) is 0 Å². The van der Waals surface area contributed by atoms with Crippen molar-refractivity contribution in [3.8, 4) is 0 Å². The van der Waals surface area contributed by atoms with Crippen molar-refractivity contribution in [3.05, 3.63) is 29.1 Å². The fraction of sp³-hybridized carbons (Fsp3) is 0.462. The van der Waals surface area contributed by atoms with E-state index in [0.717, 1.165) is 12.1 Å². The Morgan fingerprint density at radius 1 is 1.48 bits per heavy atom. The Labute approximate surface area is 128 Å². The molecule has 0 saturated carbocycles. The molecule has 0 amide bonds. The maximum Gasteiger partial charge on any atom is 0.338 e. The van der Waals surface area contributed by atoms with Crippen LogP contribution < -0.4 is 4.72 Å². The zero-order valence-electron chi connectivity index (χ0n) is 12.0. The number of hydrogen-bond donors (Lipinski definition) is 2. The number of carbonyl (C=O) groups is 1. The zero-order valence-corrected chi connectivity index (χ0v) is 13.6. The van der Waals surface area contributed by atoms with Crippen molar-refractivity contribution in [3.63, 3.8) is 0 Å². The number of aromatic carboxylic acids is 1. The fourth-order valence-corrected chi connectivity index (χ4v) is 4.03. The molecule has 0 saturated heterocycles. The summed E-state index contributed by atoms with van der Waals surface area (Å²) in [5, 5.41) is 8.93. The van der Waals surface area contributed by atoms with Crippen LogP contribution in [-0.2, 0) is 10.0 Å². The van der Waals surface area contributed by atoms with Crippen LogP contribution in [0.4, 0.5) is 4.39 Å². The van der Waals surface area contributed by atoms with Crippen LogP contribution in [0.25, 0.3) is 0 Å². The summed E-state index contributed by atoms with van der Waals surface area (Å²) in [5.74, 6) is -1.82. The molecule has 0 radical (unpaired) electrons. The van der Waals surface area contributed by atoms with Gasteiger partial charge in [0.15, 0.2) is 0 Å². The number of sulfonamides is 1. The summed E-state index contributed by atoms with van der Waals surface area (Å²) in [4.78, 5) is 10.7. The molecule has 0 aliphatic heterocycles. The Balaban J connectivity index is 3.23. The molecule has 0 heterocycles. The molecule has 1 rings (SSSR count). The molecule has 1 atom stereocenters. The molecule has 0 fully saturated rings. The van der Waals surface area contributed by atoms with E-state index in [-0.39, 0.29) is 16.5 Å². The molecule has 1 aromatic carbocycles. The van der Waals surface area contributed by atoms with Gasteiger partial charge >= 0.3 is 5.97 Å². The smallest absolute Gasteiger partial charge is 0.338 e. The van der Waals surface area contributed by atoms with Crippen LogP contribution in [0.1, 0.15) is 29.3 Å². The first-order valence-corrected chi connectivity index (χ1v) is 9.15. The number of carboxylic acid groups (broad SMARTS) is 1. The van der Waals surface area contributed by atoms with E-state index in [0.29, 0.717) is 12.2 Å². The van der Waals surface area contributed by atoms with Gasteiger partial charge in [-0.25, -0.2) is 22.3 Å². The number of halogens is 1. The topological polar surface area (TPSA) is 83.5 Å². The van der Waals surface area contributed by atoms with Gasteiger partial charge in [-0.05, 0) is 37.3 Å². The van der Waals surface area contributed by atoms with E-state index in [9.17, 15) is 17.6 Å². The summed E-state index contributed by atoms with van der Waals surface area (Å²) in [6, 6.07) is 1.72. The molecule has 8 heteroatoms. The number of benzene rings is 1. The molecule has 2 N–H and O–H groups in total. The number of aryl methyl sites for hydroxylation is 1. The van der Waals surface area contributed by atoms with E-state index in [1.54, 1.807) is 0 Å². The number of nitrogens with one attached hydrogen (secondary N) is 1. The lowest BCUT2D eigenvalue weighted by Crippen LogP contribution is -2.36. The van der Waals surface area contributed by atoms with Crippen molar-refractivity contribution in [2.75, 3.05) is 12.0 Å². The Kier molecular flexibility index (Phi) is 6.18. The molecule has 118 valence electrons. The van der Waals surface area contributed by atoms with Crippen LogP contribution in [-0.4, -0.2) is 37.5 Å². The quantitative estimate of drug-likeness (QED) is 0.798. The number of hydrogen-bond acceptors (Lipinski definition) is 4. The average molecular weight is 335 g/mol. The Morgan fingerprint density at radius 3 is 2.57 bits per heavy atom. The van der Waals surface area contributed by atoms with Crippen molar-refractivity contribution < 1.29 is 22.7 Å². The molecule has 0 bridgehead atoms. The second-order valence-electron chi connectivity index (χ2n) is 4.59. The normalized spacial score (nSPS) is 13.1. The van der Waals surface area contributed by atoms with E-state index >= 15 is 0 Å². The first-order valence-electron chi connectivity index (χ1n) is 6.27. The van der Waals surface area contributed by atoms with Crippen LogP contribution in [0.5, 0.6) is 0 Å².